The van der Waals surface area contributed by atoms with Crippen LogP contribution in [0, 0.1) is 15.5 Å². The van der Waals surface area contributed by atoms with E-state index >= 15 is 0 Å². The third kappa shape index (κ3) is 2.47. The van der Waals surface area contributed by atoms with Gasteiger partial charge in [-0.2, -0.15) is 0 Å². The van der Waals surface area contributed by atoms with Crippen LogP contribution in [-0.2, 0) is 4.79 Å². The van der Waals surface area contributed by atoms with Crippen molar-refractivity contribution in [3.8, 4) is 0 Å². The molecule has 6 nitrogen and oxygen atoms in total. The topological polar surface area (TPSA) is 101 Å². The maximum atomic E-state index is 10.8. The molecule has 6 heteroatoms. The van der Waals surface area contributed by atoms with E-state index in [-0.39, 0.29) is 5.70 Å². The van der Waals surface area contributed by atoms with Crippen LogP contribution in [0.4, 0.5) is 0 Å². The Morgan fingerprint density at radius 3 is 2.44 bits per heavy atom. The van der Waals surface area contributed by atoms with Crippen LogP contribution in [0.25, 0.3) is 0 Å². The lowest BCUT2D eigenvalue weighted by atomic mass is 9.92. The smallest absolute Gasteiger partial charge is 0.339 e. The molecular formula is C10H11NO5. The van der Waals surface area contributed by atoms with Gasteiger partial charge in [0, 0.05) is 17.6 Å². The van der Waals surface area contributed by atoms with Gasteiger partial charge in [0.2, 0.25) is 0 Å². The average Bonchev–Trinajstić information content (AvgIpc) is 2.20. The Kier molecular flexibility index (Phi) is 2.84. The number of hydrogen-bond acceptors (Lipinski definition) is 4. The van der Waals surface area contributed by atoms with Crippen molar-refractivity contribution in [1.29, 1.82) is 0 Å². The number of aliphatic carboxylic acids is 1. The van der Waals surface area contributed by atoms with Crippen LogP contribution in [0.15, 0.2) is 35.3 Å². The first-order valence-electron chi connectivity index (χ1n) is 4.47. The van der Waals surface area contributed by atoms with Crippen LogP contribution >= 0.6 is 0 Å². The number of nitrogens with zero attached hydrogens (tertiary/aromatic N) is 1. The summed E-state index contributed by atoms with van der Waals surface area (Å²) in [6.07, 6.45) is 3.41. The van der Waals surface area contributed by atoms with Gasteiger partial charge in [-0.1, -0.05) is 13.8 Å². The summed E-state index contributed by atoms with van der Waals surface area (Å²) >= 11 is 0. The molecule has 1 aliphatic carbocycles. The highest BCUT2D eigenvalue weighted by Crippen LogP contribution is 2.29. The molecule has 1 aliphatic rings. The molecule has 0 atom stereocenters. The Hall–Kier alpha value is -2.11. The minimum absolute atomic E-state index is 0.345. The van der Waals surface area contributed by atoms with Gasteiger partial charge in [-0.15, -0.1) is 0 Å². The maximum Gasteiger partial charge on any atom is 0.339 e. The fourth-order valence-electron chi connectivity index (χ4n) is 1.39. The molecule has 1 rings (SSSR count). The van der Waals surface area contributed by atoms with Gasteiger partial charge in [0.05, 0.1) is 4.92 Å². The molecule has 0 aliphatic heterocycles. The number of carboxylic acids is 1. The van der Waals surface area contributed by atoms with Crippen molar-refractivity contribution in [2.24, 2.45) is 5.41 Å². The fourth-order valence-corrected chi connectivity index (χ4v) is 1.39. The number of aliphatic hydroxyl groups is 1. The van der Waals surface area contributed by atoms with Gasteiger partial charge in [-0.05, 0) is 6.08 Å². The van der Waals surface area contributed by atoms with Crippen molar-refractivity contribution < 1.29 is 19.9 Å². The van der Waals surface area contributed by atoms with E-state index in [0.29, 0.717) is 0 Å². The van der Waals surface area contributed by atoms with Crippen molar-refractivity contribution in [3.05, 3.63) is 45.4 Å². The van der Waals surface area contributed by atoms with Crippen molar-refractivity contribution in [2.75, 3.05) is 0 Å². The van der Waals surface area contributed by atoms with Crippen molar-refractivity contribution in [1.82, 2.24) is 0 Å². The van der Waals surface area contributed by atoms with Gasteiger partial charge >= 0.3 is 5.97 Å². The van der Waals surface area contributed by atoms with Gasteiger partial charge < -0.3 is 10.2 Å². The lowest BCUT2D eigenvalue weighted by Gasteiger charge is -2.12. The van der Waals surface area contributed by atoms with Gasteiger partial charge in [0.1, 0.15) is 11.3 Å². The van der Waals surface area contributed by atoms with Gasteiger partial charge in [0.15, 0.2) is 0 Å². The van der Waals surface area contributed by atoms with Crippen molar-refractivity contribution in [2.45, 2.75) is 13.8 Å². The zero-order valence-electron chi connectivity index (χ0n) is 8.80. The van der Waals surface area contributed by atoms with E-state index in [4.69, 9.17) is 5.11 Å². The summed E-state index contributed by atoms with van der Waals surface area (Å²) in [6, 6.07) is 0. The Labute approximate surface area is 91.4 Å². The van der Waals surface area contributed by atoms with Crippen LogP contribution in [0.3, 0.4) is 0 Å². The number of allylic oxidation sites excluding steroid dienone is 3. The van der Waals surface area contributed by atoms with E-state index in [9.17, 15) is 20.0 Å². The summed E-state index contributed by atoms with van der Waals surface area (Å²) < 4.78 is 0. The molecule has 0 amide bonds. The number of carboxylic acid groups (broad SMARTS) is 1. The lowest BCUT2D eigenvalue weighted by Crippen LogP contribution is -2.07. The van der Waals surface area contributed by atoms with E-state index in [0.717, 1.165) is 6.08 Å². The van der Waals surface area contributed by atoms with Crippen LogP contribution < -0.4 is 0 Å². The molecule has 0 heterocycles. The summed E-state index contributed by atoms with van der Waals surface area (Å²) in [7, 11) is 0. The average molecular weight is 225 g/mol. The molecule has 0 aromatic heterocycles. The molecule has 2 N–H and O–H groups in total. The minimum Gasteiger partial charge on any atom is -0.507 e. The quantitative estimate of drug-likeness (QED) is 0.549. The molecule has 0 saturated heterocycles. The molecule has 0 fully saturated rings. The predicted octanol–water partition coefficient (Wildman–Crippen LogP) is 1.64. The summed E-state index contributed by atoms with van der Waals surface area (Å²) in [4.78, 5) is 20.8. The molecule has 0 unspecified atom stereocenters. The molecular weight excluding hydrogens is 214 g/mol. The second-order valence-electron chi connectivity index (χ2n) is 4.04. The molecule has 0 bridgehead atoms. The first-order chi connectivity index (χ1) is 7.23. The first-order valence-corrected chi connectivity index (χ1v) is 4.47. The van der Waals surface area contributed by atoms with E-state index < -0.39 is 27.6 Å². The van der Waals surface area contributed by atoms with E-state index in [1.165, 1.54) is 12.2 Å². The largest absolute Gasteiger partial charge is 0.507 e. The van der Waals surface area contributed by atoms with Crippen LogP contribution in [-0.4, -0.2) is 21.1 Å². The highest BCUT2D eigenvalue weighted by atomic mass is 16.6. The molecule has 0 spiro atoms. The fraction of sp³-hybridized carbons (Fsp3) is 0.300. The monoisotopic (exact) mass is 225 g/mol. The highest BCUT2D eigenvalue weighted by Gasteiger charge is 2.27. The number of hydrogen-bond donors (Lipinski definition) is 2. The predicted molar refractivity (Wildman–Crippen MR) is 55.3 cm³/mol. The highest BCUT2D eigenvalue weighted by molar-refractivity contribution is 5.91. The van der Waals surface area contributed by atoms with Crippen LogP contribution in [0.1, 0.15) is 13.8 Å². The van der Waals surface area contributed by atoms with Crippen LogP contribution in [0.2, 0.25) is 0 Å². The minimum atomic E-state index is -1.40. The third-order valence-electron chi connectivity index (χ3n) is 2.04. The van der Waals surface area contributed by atoms with Gasteiger partial charge in [-0.3, -0.25) is 10.1 Å². The Balaban J connectivity index is 3.38. The number of aliphatic hydroxyl groups excluding tert-OH is 1. The molecule has 0 radical (unpaired) electrons. The van der Waals surface area contributed by atoms with E-state index in [2.05, 4.69) is 0 Å². The molecule has 86 valence electrons. The summed E-state index contributed by atoms with van der Waals surface area (Å²) in [6.45, 7) is 3.26. The van der Waals surface area contributed by atoms with Crippen molar-refractivity contribution >= 4 is 5.97 Å². The third-order valence-corrected chi connectivity index (χ3v) is 2.04. The van der Waals surface area contributed by atoms with Crippen molar-refractivity contribution in [3.63, 3.8) is 0 Å². The lowest BCUT2D eigenvalue weighted by molar-refractivity contribution is -0.419. The van der Waals surface area contributed by atoms with Gasteiger partial charge in [0.25, 0.3) is 5.70 Å². The Morgan fingerprint density at radius 1 is 1.44 bits per heavy atom. The van der Waals surface area contributed by atoms with E-state index in [1.54, 1.807) is 13.8 Å². The Bertz CT molecular complexity index is 442. The van der Waals surface area contributed by atoms with Crippen LogP contribution in [0.5, 0.6) is 0 Å². The zero-order valence-corrected chi connectivity index (χ0v) is 8.80. The SMILES string of the molecule is CC1(C)C=C(O)C(C(=O)O)=CC([N+](=O)[O-])=C1. The molecule has 16 heavy (non-hydrogen) atoms. The zero-order chi connectivity index (χ0) is 12.5. The number of nitro groups is 1. The summed E-state index contributed by atoms with van der Waals surface area (Å²) in [5.41, 5.74) is -1.60. The summed E-state index contributed by atoms with van der Waals surface area (Å²) in [5, 5.41) is 29.0. The normalized spacial score (nSPS) is 19.0. The second-order valence-corrected chi connectivity index (χ2v) is 4.04. The molecule has 0 aromatic carbocycles. The second kappa shape index (κ2) is 3.80. The maximum absolute atomic E-state index is 10.8. The molecule has 0 aromatic rings. The summed E-state index contributed by atoms with van der Waals surface area (Å²) in [5.74, 6) is -1.87. The molecule has 0 saturated carbocycles. The van der Waals surface area contributed by atoms with E-state index in [1.807, 2.05) is 0 Å². The Morgan fingerprint density at radius 2 is 2.00 bits per heavy atom. The number of carbonyl (C=O) groups is 1. The van der Waals surface area contributed by atoms with Gasteiger partial charge in [-0.25, -0.2) is 4.79 Å². The number of rotatable bonds is 2. The first kappa shape index (κ1) is 12.0. The standard InChI is InChI=1S/C10H11NO5/c1-10(2)4-6(11(15)16)3-7(9(13)14)8(12)5-10/h3-5,12H,1-2H3,(H,13,14).